The van der Waals surface area contributed by atoms with Crippen LogP contribution in [0.5, 0.6) is 0 Å². The van der Waals surface area contributed by atoms with Gasteiger partial charge in [-0.3, -0.25) is 0 Å². The van der Waals surface area contributed by atoms with Gasteiger partial charge in [0.2, 0.25) is 0 Å². The Morgan fingerprint density at radius 2 is 2.11 bits per heavy atom. The third kappa shape index (κ3) is 5.51. The minimum absolute atomic E-state index is 0.397. The molecule has 0 aromatic carbocycles. The van der Waals surface area contributed by atoms with E-state index in [4.69, 9.17) is 5.73 Å². The average Bonchev–Trinajstić information content (AvgIpc) is 2.75. The first-order chi connectivity index (χ1) is 8.59. The molecule has 104 valence electrons. The van der Waals surface area contributed by atoms with Crippen molar-refractivity contribution in [3.8, 4) is 0 Å². The van der Waals surface area contributed by atoms with Crippen molar-refractivity contribution in [2.24, 2.45) is 11.1 Å². The summed E-state index contributed by atoms with van der Waals surface area (Å²) in [5.74, 6) is 0. The van der Waals surface area contributed by atoms with E-state index in [0.29, 0.717) is 5.41 Å². The molecule has 0 fully saturated rings. The van der Waals surface area contributed by atoms with Gasteiger partial charge in [-0.25, -0.2) is 0 Å². The predicted octanol–water partition coefficient (Wildman–Crippen LogP) is 3.56. The molecule has 3 N–H and O–H groups in total. The van der Waals surface area contributed by atoms with E-state index in [1.165, 1.54) is 23.3 Å². The molecule has 1 heterocycles. The lowest BCUT2D eigenvalue weighted by molar-refractivity contribution is 0.302. The zero-order valence-corrected chi connectivity index (χ0v) is 12.9. The molecule has 0 bridgehead atoms. The predicted molar refractivity (Wildman–Crippen MR) is 82.1 cm³/mol. The number of hydrogen-bond acceptors (Lipinski definition) is 3. The van der Waals surface area contributed by atoms with Crippen LogP contribution in [-0.2, 0) is 13.0 Å². The van der Waals surface area contributed by atoms with Crippen molar-refractivity contribution in [1.29, 1.82) is 0 Å². The van der Waals surface area contributed by atoms with E-state index in [0.717, 1.165) is 32.5 Å². The highest BCUT2D eigenvalue weighted by molar-refractivity contribution is 7.10. The quantitative estimate of drug-likeness (QED) is 0.672. The lowest BCUT2D eigenvalue weighted by atomic mass is 9.84. The topological polar surface area (TPSA) is 38.0 Å². The summed E-state index contributed by atoms with van der Waals surface area (Å²) in [6, 6.07) is 2.24. The third-order valence-corrected chi connectivity index (χ3v) is 4.50. The summed E-state index contributed by atoms with van der Waals surface area (Å²) in [6.07, 6.45) is 4.75. The molecular formula is C15H28N2S. The van der Waals surface area contributed by atoms with Gasteiger partial charge in [-0.15, -0.1) is 11.3 Å². The number of aryl methyl sites for hydroxylation is 1. The van der Waals surface area contributed by atoms with E-state index < -0.39 is 0 Å². The van der Waals surface area contributed by atoms with Gasteiger partial charge in [-0.05, 0) is 61.2 Å². The van der Waals surface area contributed by atoms with E-state index in [1.807, 2.05) is 11.3 Å². The zero-order chi connectivity index (χ0) is 13.4. The largest absolute Gasteiger partial charge is 0.330 e. The van der Waals surface area contributed by atoms with Crippen LogP contribution in [0.3, 0.4) is 0 Å². The van der Waals surface area contributed by atoms with Crippen molar-refractivity contribution < 1.29 is 0 Å². The summed E-state index contributed by atoms with van der Waals surface area (Å²) in [6.45, 7) is 9.78. The van der Waals surface area contributed by atoms with Crippen molar-refractivity contribution in [3.05, 3.63) is 21.9 Å². The molecule has 0 saturated carbocycles. The second-order valence-corrected chi connectivity index (χ2v) is 6.71. The molecule has 0 spiro atoms. The minimum atomic E-state index is 0.397. The van der Waals surface area contributed by atoms with Crippen LogP contribution in [0.2, 0.25) is 0 Å². The maximum absolute atomic E-state index is 5.63. The Labute approximate surface area is 116 Å². The van der Waals surface area contributed by atoms with Crippen LogP contribution in [-0.4, -0.2) is 13.1 Å². The van der Waals surface area contributed by atoms with Gasteiger partial charge in [0.1, 0.15) is 0 Å². The maximum atomic E-state index is 5.63. The summed E-state index contributed by atoms with van der Waals surface area (Å²) in [5, 5.41) is 5.75. The summed E-state index contributed by atoms with van der Waals surface area (Å²) in [5.41, 5.74) is 7.52. The minimum Gasteiger partial charge on any atom is -0.330 e. The fourth-order valence-electron chi connectivity index (χ4n) is 2.25. The van der Waals surface area contributed by atoms with E-state index >= 15 is 0 Å². The summed E-state index contributed by atoms with van der Waals surface area (Å²) < 4.78 is 0. The molecule has 0 unspecified atom stereocenters. The first-order valence-electron chi connectivity index (χ1n) is 7.05. The highest BCUT2D eigenvalue weighted by Crippen LogP contribution is 2.25. The molecule has 0 saturated heterocycles. The Morgan fingerprint density at radius 1 is 1.33 bits per heavy atom. The molecule has 1 aromatic rings. The molecular weight excluding hydrogens is 240 g/mol. The second-order valence-electron chi connectivity index (χ2n) is 5.71. The first-order valence-corrected chi connectivity index (χ1v) is 7.93. The zero-order valence-electron chi connectivity index (χ0n) is 12.1. The Balaban J connectivity index is 2.16. The number of hydrogen-bond donors (Lipinski definition) is 2. The van der Waals surface area contributed by atoms with Crippen LogP contribution in [0.15, 0.2) is 11.4 Å². The third-order valence-electron chi connectivity index (χ3n) is 3.53. The summed E-state index contributed by atoms with van der Waals surface area (Å²) in [7, 11) is 0. The van der Waals surface area contributed by atoms with Crippen LogP contribution < -0.4 is 11.1 Å². The number of rotatable bonds is 9. The Bertz CT molecular complexity index is 331. The molecule has 0 atom stereocenters. The molecule has 1 rings (SSSR count). The maximum Gasteiger partial charge on any atom is 0.0302 e. The Hall–Kier alpha value is -0.380. The molecule has 0 aliphatic carbocycles. The normalized spacial score (nSPS) is 12.0. The molecule has 1 aromatic heterocycles. The van der Waals surface area contributed by atoms with Gasteiger partial charge in [-0.1, -0.05) is 20.8 Å². The number of nitrogens with two attached hydrogens (primary N) is 1. The van der Waals surface area contributed by atoms with Gasteiger partial charge >= 0.3 is 0 Å². The standard InChI is InChI=1S/C15H28N2S/c1-4-13-6-11-18-14(13)12-17-10-5-7-15(2,3)8-9-16/h6,11,17H,4-5,7-10,12,16H2,1-3H3. The average molecular weight is 268 g/mol. The van der Waals surface area contributed by atoms with E-state index in [-0.39, 0.29) is 0 Å². The Kier molecular flexibility index (Phi) is 6.90. The SMILES string of the molecule is CCc1ccsc1CNCCCC(C)(C)CCN. The highest BCUT2D eigenvalue weighted by Gasteiger charge is 2.15. The van der Waals surface area contributed by atoms with Crippen LogP contribution >= 0.6 is 11.3 Å². The number of thiophene rings is 1. The van der Waals surface area contributed by atoms with Gasteiger partial charge in [-0.2, -0.15) is 0 Å². The summed E-state index contributed by atoms with van der Waals surface area (Å²) in [4.78, 5) is 1.50. The fourth-order valence-corrected chi connectivity index (χ4v) is 3.19. The molecule has 0 amide bonds. The van der Waals surface area contributed by atoms with Gasteiger partial charge < -0.3 is 11.1 Å². The van der Waals surface area contributed by atoms with E-state index in [1.54, 1.807) is 0 Å². The van der Waals surface area contributed by atoms with Gasteiger partial charge in [0.05, 0.1) is 0 Å². The van der Waals surface area contributed by atoms with Crippen LogP contribution in [0.25, 0.3) is 0 Å². The van der Waals surface area contributed by atoms with Crippen LogP contribution in [0.4, 0.5) is 0 Å². The lowest BCUT2D eigenvalue weighted by Gasteiger charge is -2.23. The molecule has 2 nitrogen and oxygen atoms in total. The van der Waals surface area contributed by atoms with Crippen molar-refractivity contribution in [3.63, 3.8) is 0 Å². The fraction of sp³-hybridized carbons (Fsp3) is 0.733. The van der Waals surface area contributed by atoms with Crippen LogP contribution in [0, 0.1) is 5.41 Å². The summed E-state index contributed by atoms with van der Waals surface area (Å²) >= 11 is 1.87. The van der Waals surface area contributed by atoms with Crippen LogP contribution in [0.1, 0.15) is 50.5 Å². The van der Waals surface area contributed by atoms with Crippen molar-refractivity contribution in [2.45, 2.75) is 53.0 Å². The molecule has 0 aliphatic rings. The van der Waals surface area contributed by atoms with Crippen molar-refractivity contribution >= 4 is 11.3 Å². The van der Waals surface area contributed by atoms with E-state index in [2.05, 4.69) is 37.5 Å². The Morgan fingerprint density at radius 3 is 2.78 bits per heavy atom. The molecule has 0 radical (unpaired) electrons. The lowest BCUT2D eigenvalue weighted by Crippen LogP contribution is -2.20. The van der Waals surface area contributed by atoms with Crippen molar-refractivity contribution in [1.82, 2.24) is 5.32 Å². The smallest absolute Gasteiger partial charge is 0.0302 e. The van der Waals surface area contributed by atoms with Crippen molar-refractivity contribution in [2.75, 3.05) is 13.1 Å². The van der Waals surface area contributed by atoms with E-state index in [9.17, 15) is 0 Å². The van der Waals surface area contributed by atoms with Gasteiger partial charge in [0, 0.05) is 11.4 Å². The molecule has 3 heteroatoms. The first kappa shape index (κ1) is 15.7. The van der Waals surface area contributed by atoms with Gasteiger partial charge in [0.15, 0.2) is 0 Å². The van der Waals surface area contributed by atoms with Gasteiger partial charge in [0.25, 0.3) is 0 Å². The highest BCUT2D eigenvalue weighted by atomic mass is 32.1. The number of nitrogens with one attached hydrogen (secondary N) is 1. The second kappa shape index (κ2) is 7.93. The molecule has 0 aliphatic heterocycles. The molecule has 18 heavy (non-hydrogen) atoms. The monoisotopic (exact) mass is 268 g/mol.